The third kappa shape index (κ3) is 4.78. The fourth-order valence-corrected chi connectivity index (χ4v) is 3.80. The zero-order valence-electron chi connectivity index (χ0n) is 18.0. The first-order valence-electron chi connectivity index (χ1n) is 10.4. The highest BCUT2D eigenvalue weighted by Crippen LogP contribution is 2.33. The molecule has 1 saturated heterocycles. The van der Waals surface area contributed by atoms with Crippen molar-refractivity contribution in [1.29, 1.82) is 0 Å². The molecule has 0 spiro atoms. The second-order valence-electron chi connectivity index (χ2n) is 7.62. The van der Waals surface area contributed by atoms with Crippen molar-refractivity contribution in [2.24, 2.45) is 4.99 Å². The van der Waals surface area contributed by atoms with Crippen LogP contribution in [0.5, 0.6) is 5.75 Å². The first-order valence-corrected chi connectivity index (χ1v) is 10.4. The van der Waals surface area contributed by atoms with Crippen molar-refractivity contribution in [1.82, 2.24) is 4.90 Å². The van der Waals surface area contributed by atoms with Crippen LogP contribution in [0.2, 0.25) is 0 Å². The van der Waals surface area contributed by atoms with E-state index in [0.29, 0.717) is 19.5 Å². The summed E-state index contributed by atoms with van der Waals surface area (Å²) in [5.41, 5.74) is 4.60. The van der Waals surface area contributed by atoms with Crippen molar-refractivity contribution in [2.75, 3.05) is 13.1 Å². The van der Waals surface area contributed by atoms with Gasteiger partial charge in [-0.15, -0.1) is 0 Å². The Kier molecular flexibility index (Phi) is 7.03. The Morgan fingerprint density at radius 3 is 2.50 bits per heavy atom. The second-order valence-corrected chi connectivity index (χ2v) is 7.62. The monoisotopic (exact) mass is 408 g/mol. The van der Waals surface area contributed by atoms with Crippen LogP contribution >= 0.6 is 0 Å². The average molecular weight is 409 g/mol. The molecule has 2 aromatic carbocycles. The lowest BCUT2D eigenvalue weighted by Gasteiger charge is -2.32. The van der Waals surface area contributed by atoms with E-state index in [1.165, 1.54) is 6.07 Å². The zero-order valence-corrected chi connectivity index (χ0v) is 18.0. The van der Waals surface area contributed by atoms with Gasteiger partial charge in [0.15, 0.2) is 11.6 Å². The molecule has 1 aliphatic heterocycles. The minimum Gasteiger partial charge on any atom is -0.487 e. The van der Waals surface area contributed by atoms with E-state index >= 15 is 0 Å². The average Bonchev–Trinajstić information content (AvgIpc) is 2.79. The molecule has 0 N–H and O–H groups in total. The lowest BCUT2D eigenvalue weighted by molar-refractivity contribution is -0.132. The van der Waals surface area contributed by atoms with Crippen LogP contribution in [-0.4, -0.2) is 36.7 Å². The zero-order chi connectivity index (χ0) is 21.7. The number of ether oxygens (including phenoxy) is 1. The van der Waals surface area contributed by atoms with E-state index in [1.54, 1.807) is 6.07 Å². The smallest absolute Gasteiger partial charge is 0.222 e. The van der Waals surface area contributed by atoms with Crippen LogP contribution in [-0.2, 0) is 4.79 Å². The topological polar surface area (TPSA) is 41.9 Å². The molecule has 0 atom stereocenters. The molecule has 1 heterocycles. The van der Waals surface area contributed by atoms with Crippen LogP contribution in [0.15, 0.2) is 47.5 Å². The van der Waals surface area contributed by atoms with Crippen LogP contribution in [0.25, 0.3) is 11.1 Å². The number of aliphatic imine (C=N–C) groups is 1. The number of allylic oxidation sites excluding steroid dienone is 2. The molecule has 2 aromatic rings. The Morgan fingerprint density at radius 2 is 1.87 bits per heavy atom. The number of rotatable bonds is 6. The van der Waals surface area contributed by atoms with Gasteiger partial charge in [0.1, 0.15) is 6.10 Å². The number of nitrogens with zero attached hydrogens (tertiary/aromatic N) is 2. The van der Waals surface area contributed by atoms with Crippen molar-refractivity contribution in [3.05, 3.63) is 59.4 Å². The van der Waals surface area contributed by atoms with E-state index < -0.39 is 0 Å². The summed E-state index contributed by atoms with van der Waals surface area (Å²) in [6.07, 6.45) is 1.88. The van der Waals surface area contributed by atoms with Crippen molar-refractivity contribution in [3.8, 4) is 5.75 Å². The molecular weight excluding hydrogens is 379 g/mol. The van der Waals surface area contributed by atoms with E-state index in [1.807, 2.05) is 56.0 Å². The Bertz CT molecular complexity index is 959. The molecule has 0 saturated carbocycles. The van der Waals surface area contributed by atoms with Gasteiger partial charge >= 0.3 is 0 Å². The van der Waals surface area contributed by atoms with Gasteiger partial charge in [-0.2, -0.15) is 0 Å². The van der Waals surface area contributed by atoms with Gasteiger partial charge in [0.05, 0.1) is 5.69 Å². The van der Waals surface area contributed by atoms with E-state index in [-0.39, 0.29) is 23.6 Å². The van der Waals surface area contributed by atoms with Gasteiger partial charge in [-0.3, -0.25) is 9.79 Å². The minimum atomic E-state index is -0.373. The molecule has 4 nitrogen and oxygen atoms in total. The first kappa shape index (κ1) is 21.8. The summed E-state index contributed by atoms with van der Waals surface area (Å²) in [5, 5.41) is 0. The minimum absolute atomic E-state index is 0.0739. The summed E-state index contributed by atoms with van der Waals surface area (Å²) < 4.78 is 20.7. The summed E-state index contributed by atoms with van der Waals surface area (Å²) >= 11 is 0. The second kappa shape index (κ2) is 9.70. The standard InChI is InChI=1S/C25H29FN2O2/c1-5-25(29)28-14-12-20(13-15-28)30-24-11-10-19(16-22(24)26)17(2)18(3)21-8-6-7-9-23(21)27-4/h6-11,16,20H,4-5,12-15H2,1-3H3/b18-17+. The van der Waals surface area contributed by atoms with Crippen molar-refractivity contribution >= 4 is 29.5 Å². The van der Waals surface area contributed by atoms with Gasteiger partial charge in [0.2, 0.25) is 5.91 Å². The number of piperidine rings is 1. The van der Waals surface area contributed by atoms with Gasteiger partial charge in [-0.25, -0.2) is 4.39 Å². The number of hydrogen-bond acceptors (Lipinski definition) is 3. The van der Waals surface area contributed by atoms with Crippen LogP contribution in [0, 0.1) is 5.82 Å². The third-order valence-corrected chi connectivity index (χ3v) is 5.80. The molecule has 30 heavy (non-hydrogen) atoms. The van der Waals surface area contributed by atoms with E-state index in [2.05, 4.69) is 11.7 Å². The number of benzene rings is 2. The van der Waals surface area contributed by atoms with Gasteiger partial charge in [0, 0.05) is 37.9 Å². The molecule has 0 unspecified atom stereocenters. The van der Waals surface area contributed by atoms with E-state index in [9.17, 15) is 9.18 Å². The molecule has 1 amide bonds. The molecule has 3 rings (SSSR count). The summed E-state index contributed by atoms with van der Waals surface area (Å²) in [7, 11) is 0. The van der Waals surface area contributed by atoms with Crippen LogP contribution < -0.4 is 4.74 Å². The van der Waals surface area contributed by atoms with Gasteiger partial charge in [-0.1, -0.05) is 31.2 Å². The van der Waals surface area contributed by atoms with Gasteiger partial charge in [0.25, 0.3) is 0 Å². The summed E-state index contributed by atoms with van der Waals surface area (Å²) in [4.78, 5) is 17.7. The Balaban J connectivity index is 1.74. The fourth-order valence-electron chi connectivity index (χ4n) is 3.80. The van der Waals surface area contributed by atoms with Crippen LogP contribution in [0.3, 0.4) is 0 Å². The third-order valence-electron chi connectivity index (χ3n) is 5.80. The molecule has 1 fully saturated rings. The van der Waals surface area contributed by atoms with E-state index in [4.69, 9.17) is 4.74 Å². The molecule has 1 aliphatic rings. The number of amides is 1. The maximum atomic E-state index is 14.8. The number of para-hydroxylation sites is 1. The lowest BCUT2D eigenvalue weighted by atomic mass is 9.96. The Hall–Kier alpha value is -2.95. The highest BCUT2D eigenvalue weighted by Gasteiger charge is 2.24. The normalized spacial score (nSPS) is 15.5. The van der Waals surface area contributed by atoms with Crippen molar-refractivity contribution in [2.45, 2.75) is 46.1 Å². The first-order chi connectivity index (χ1) is 14.4. The molecule has 0 aliphatic carbocycles. The highest BCUT2D eigenvalue weighted by atomic mass is 19.1. The Labute approximate surface area is 178 Å². The molecular formula is C25H29FN2O2. The lowest BCUT2D eigenvalue weighted by Crippen LogP contribution is -2.41. The van der Waals surface area contributed by atoms with E-state index in [0.717, 1.165) is 40.8 Å². The quantitative estimate of drug-likeness (QED) is 0.442. The van der Waals surface area contributed by atoms with Crippen molar-refractivity contribution < 1.29 is 13.9 Å². The molecule has 5 heteroatoms. The number of likely N-dealkylation sites (tertiary alicyclic amines) is 1. The predicted molar refractivity (Wildman–Crippen MR) is 121 cm³/mol. The molecule has 0 aromatic heterocycles. The largest absolute Gasteiger partial charge is 0.487 e. The maximum Gasteiger partial charge on any atom is 0.222 e. The highest BCUT2D eigenvalue weighted by molar-refractivity contribution is 5.92. The van der Waals surface area contributed by atoms with Gasteiger partial charge in [-0.05, 0) is 55.5 Å². The fraction of sp³-hybridized carbons (Fsp3) is 0.360. The number of carbonyl (C=O) groups is 1. The van der Waals surface area contributed by atoms with Crippen LogP contribution in [0.4, 0.5) is 10.1 Å². The Morgan fingerprint density at radius 1 is 1.17 bits per heavy atom. The predicted octanol–water partition coefficient (Wildman–Crippen LogP) is 5.89. The molecule has 0 radical (unpaired) electrons. The summed E-state index contributed by atoms with van der Waals surface area (Å²) in [6.45, 7) is 10.8. The SMILES string of the molecule is C=Nc1ccccc1/C(C)=C(\C)c1ccc(OC2CCN(C(=O)CC)CC2)c(F)c1. The summed E-state index contributed by atoms with van der Waals surface area (Å²) in [6, 6.07) is 12.9. The maximum absolute atomic E-state index is 14.8. The number of hydrogen-bond donors (Lipinski definition) is 0. The molecule has 158 valence electrons. The molecule has 0 bridgehead atoms. The number of halogens is 1. The van der Waals surface area contributed by atoms with Crippen molar-refractivity contribution in [3.63, 3.8) is 0 Å². The number of carbonyl (C=O) groups excluding carboxylic acids is 1. The van der Waals surface area contributed by atoms with Gasteiger partial charge < -0.3 is 9.64 Å². The summed E-state index contributed by atoms with van der Waals surface area (Å²) in [5.74, 6) is 0.0503. The van der Waals surface area contributed by atoms with Crippen LogP contribution in [0.1, 0.15) is 51.2 Å².